The Balaban J connectivity index is 3.12. The number of nitrogens with zero attached hydrogens (tertiary/aromatic N) is 2. The standard InChI is InChI=1S/C9H14N2O3/c1-9(2,13)8-10-6(5-11(8)3)7(12)14-4/h5,13H,1-4H3. The summed E-state index contributed by atoms with van der Waals surface area (Å²) in [4.78, 5) is 15.1. The Hall–Kier alpha value is -1.36. The van der Waals surface area contributed by atoms with Gasteiger partial charge in [-0.3, -0.25) is 0 Å². The second kappa shape index (κ2) is 3.42. The fourth-order valence-electron chi connectivity index (χ4n) is 1.24. The van der Waals surface area contributed by atoms with Crippen LogP contribution < -0.4 is 0 Å². The van der Waals surface area contributed by atoms with Crippen molar-refractivity contribution in [2.24, 2.45) is 7.05 Å². The second-order valence-corrected chi connectivity index (χ2v) is 3.61. The van der Waals surface area contributed by atoms with Crippen molar-refractivity contribution >= 4 is 5.97 Å². The van der Waals surface area contributed by atoms with Gasteiger partial charge in [0.15, 0.2) is 5.69 Å². The molecule has 0 saturated carbocycles. The number of carbonyl (C=O) groups excluding carboxylic acids is 1. The molecule has 1 heterocycles. The van der Waals surface area contributed by atoms with Gasteiger partial charge in [-0.25, -0.2) is 9.78 Å². The minimum atomic E-state index is -1.07. The number of aliphatic hydroxyl groups is 1. The molecule has 1 rings (SSSR count). The SMILES string of the molecule is COC(=O)c1cn(C)c(C(C)(C)O)n1. The summed E-state index contributed by atoms with van der Waals surface area (Å²) in [6.07, 6.45) is 1.53. The van der Waals surface area contributed by atoms with Crippen molar-refractivity contribution in [2.75, 3.05) is 7.11 Å². The van der Waals surface area contributed by atoms with Crippen molar-refractivity contribution in [3.8, 4) is 0 Å². The molecule has 0 aliphatic rings. The van der Waals surface area contributed by atoms with Crippen molar-refractivity contribution in [3.05, 3.63) is 17.7 Å². The molecule has 5 heteroatoms. The van der Waals surface area contributed by atoms with Gasteiger partial charge in [0.05, 0.1) is 7.11 Å². The first-order valence-electron chi connectivity index (χ1n) is 4.21. The first-order chi connectivity index (χ1) is 6.36. The summed E-state index contributed by atoms with van der Waals surface area (Å²) < 4.78 is 6.12. The highest BCUT2D eigenvalue weighted by molar-refractivity contribution is 5.86. The van der Waals surface area contributed by atoms with Crippen molar-refractivity contribution in [2.45, 2.75) is 19.4 Å². The smallest absolute Gasteiger partial charge is 0.358 e. The van der Waals surface area contributed by atoms with E-state index in [9.17, 15) is 9.90 Å². The van der Waals surface area contributed by atoms with Crippen LogP contribution >= 0.6 is 0 Å². The summed E-state index contributed by atoms with van der Waals surface area (Å²) in [5.41, 5.74) is -0.867. The fourth-order valence-corrected chi connectivity index (χ4v) is 1.24. The highest BCUT2D eigenvalue weighted by Gasteiger charge is 2.24. The van der Waals surface area contributed by atoms with E-state index in [4.69, 9.17) is 0 Å². The average molecular weight is 198 g/mol. The van der Waals surface area contributed by atoms with Crippen LogP contribution in [0.4, 0.5) is 0 Å². The number of esters is 1. The number of hydrogen-bond donors (Lipinski definition) is 1. The average Bonchev–Trinajstić information content (AvgIpc) is 2.45. The third kappa shape index (κ3) is 1.93. The van der Waals surface area contributed by atoms with Crippen LogP contribution in [0.25, 0.3) is 0 Å². The molecular formula is C9H14N2O3. The van der Waals surface area contributed by atoms with E-state index in [-0.39, 0.29) is 5.69 Å². The largest absolute Gasteiger partial charge is 0.464 e. The minimum Gasteiger partial charge on any atom is -0.464 e. The van der Waals surface area contributed by atoms with Gasteiger partial charge >= 0.3 is 5.97 Å². The Morgan fingerprint density at radius 3 is 2.57 bits per heavy atom. The van der Waals surface area contributed by atoms with Gasteiger partial charge < -0.3 is 14.4 Å². The molecule has 0 radical (unpaired) electrons. The molecule has 1 N–H and O–H groups in total. The molecular weight excluding hydrogens is 184 g/mol. The van der Waals surface area contributed by atoms with Crippen LogP contribution in [-0.4, -0.2) is 27.7 Å². The Morgan fingerprint density at radius 1 is 1.64 bits per heavy atom. The minimum absolute atomic E-state index is 0.201. The van der Waals surface area contributed by atoms with Crippen LogP contribution in [0.2, 0.25) is 0 Å². The summed E-state index contributed by atoms with van der Waals surface area (Å²) in [6, 6.07) is 0. The van der Waals surface area contributed by atoms with E-state index in [2.05, 4.69) is 9.72 Å². The lowest BCUT2D eigenvalue weighted by molar-refractivity contribution is 0.0587. The maximum Gasteiger partial charge on any atom is 0.358 e. The van der Waals surface area contributed by atoms with Gasteiger partial charge in [-0.05, 0) is 13.8 Å². The number of hydrogen-bond acceptors (Lipinski definition) is 4. The highest BCUT2D eigenvalue weighted by atomic mass is 16.5. The molecule has 0 aliphatic carbocycles. The summed E-state index contributed by atoms with van der Waals surface area (Å²) in [6.45, 7) is 3.22. The van der Waals surface area contributed by atoms with Crippen LogP contribution in [0.15, 0.2) is 6.20 Å². The number of aromatic nitrogens is 2. The first kappa shape index (κ1) is 10.7. The molecule has 5 nitrogen and oxygen atoms in total. The maximum atomic E-state index is 11.1. The summed E-state index contributed by atoms with van der Waals surface area (Å²) >= 11 is 0. The molecule has 1 aromatic rings. The zero-order chi connectivity index (χ0) is 10.9. The zero-order valence-electron chi connectivity index (χ0n) is 8.74. The molecule has 0 aromatic carbocycles. The van der Waals surface area contributed by atoms with Gasteiger partial charge in [0, 0.05) is 13.2 Å². The quantitative estimate of drug-likeness (QED) is 0.700. The van der Waals surface area contributed by atoms with E-state index in [1.807, 2.05) is 0 Å². The van der Waals surface area contributed by atoms with Gasteiger partial charge in [0.2, 0.25) is 0 Å². The molecule has 0 amide bonds. The van der Waals surface area contributed by atoms with Gasteiger partial charge in [-0.15, -0.1) is 0 Å². The lowest BCUT2D eigenvalue weighted by Crippen LogP contribution is -2.20. The molecule has 1 aromatic heterocycles. The van der Waals surface area contributed by atoms with E-state index < -0.39 is 11.6 Å². The van der Waals surface area contributed by atoms with Crippen LogP contribution in [0.3, 0.4) is 0 Å². The Kier molecular flexibility index (Phi) is 2.62. The van der Waals surface area contributed by atoms with Crippen LogP contribution in [0, 0.1) is 0 Å². The molecule has 0 unspecified atom stereocenters. The summed E-state index contributed by atoms with van der Waals surface area (Å²) in [5.74, 6) is -0.0750. The van der Waals surface area contributed by atoms with Gasteiger partial charge in [-0.1, -0.05) is 0 Å². The lowest BCUT2D eigenvalue weighted by atomic mass is 10.1. The van der Waals surface area contributed by atoms with E-state index in [1.165, 1.54) is 13.3 Å². The third-order valence-electron chi connectivity index (χ3n) is 1.82. The predicted octanol–water partition coefficient (Wildman–Crippen LogP) is 0.434. The number of methoxy groups -OCH3 is 1. The van der Waals surface area contributed by atoms with Crippen LogP contribution in [0.5, 0.6) is 0 Å². The molecule has 0 atom stereocenters. The molecule has 14 heavy (non-hydrogen) atoms. The molecule has 0 spiro atoms. The Bertz CT molecular complexity index is 349. The van der Waals surface area contributed by atoms with Gasteiger partial charge in [0.1, 0.15) is 11.4 Å². The van der Waals surface area contributed by atoms with Crippen LogP contribution in [-0.2, 0) is 17.4 Å². The van der Waals surface area contributed by atoms with Crippen molar-refractivity contribution in [3.63, 3.8) is 0 Å². The van der Waals surface area contributed by atoms with Crippen LogP contribution in [0.1, 0.15) is 30.2 Å². The number of carbonyl (C=O) groups is 1. The maximum absolute atomic E-state index is 11.1. The Labute approximate surface area is 82.3 Å². The highest BCUT2D eigenvalue weighted by Crippen LogP contribution is 2.18. The van der Waals surface area contributed by atoms with E-state index >= 15 is 0 Å². The van der Waals surface area contributed by atoms with Crippen molar-refractivity contribution in [1.82, 2.24) is 9.55 Å². The molecule has 0 bridgehead atoms. The van der Waals surface area contributed by atoms with E-state index in [0.29, 0.717) is 5.82 Å². The second-order valence-electron chi connectivity index (χ2n) is 3.61. The summed E-state index contributed by atoms with van der Waals surface area (Å²) in [5, 5.41) is 9.70. The lowest BCUT2D eigenvalue weighted by Gasteiger charge is -2.15. The number of ether oxygens (including phenoxy) is 1. The molecule has 78 valence electrons. The van der Waals surface area contributed by atoms with Crippen molar-refractivity contribution in [1.29, 1.82) is 0 Å². The fraction of sp³-hybridized carbons (Fsp3) is 0.556. The van der Waals surface area contributed by atoms with Crippen molar-refractivity contribution < 1.29 is 14.6 Å². The third-order valence-corrected chi connectivity index (χ3v) is 1.82. The monoisotopic (exact) mass is 198 g/mol. The van der Waals surface area contributed by atoms with Gasteiger partial charge in [-0.2, -0.15) is 0 Å². The first-order valence-corrected chi connectivity index (χ1v) is 4.21. The van der Waals surface area contributed by atoms with E-state index in [0.717, 1.165) is 0 Å². The van der Waals surface area contributed by atoms with Gasteiger partial charge in [0.25, 0.3) is 0 Å². The normalized spacial score (nSPS) is 11.5. The summed E-state index contributed by atoms with van der Waals surface area (Å²) in [7, 11) is 3.01. The van der Waals surface area contributed by atoms with E-state index in [1.54, 1.807) is 25.5 Å². The number of aryl methyl sites for hydroxylation is 1. The Morgan fingerprint density at radius 2 is 2.21 bits per heavy atom. The number of rotatable bonds is 2. The zero-order valence-corrected chi connectivity index (χ0v) is 8.74. The molecule has 0 saturated heterocycles. The topological polar surface area (TPSA) is 64.3 Å². The molecule has 0 aliphatic heterocycles. The molecule has 0 fully saturated rings. The number of imidazole rings is 1. The predicted molar refractivity (Wildman–Crippen MR) is 49.8 cm³/mol.